The molecule has 0 aromatic heterocycles. The molecule has 1 atom stereocenters. The molecule has 1 aliphatic heterocycles. The number of benzene rings is 1. The molecule has 2 rings (SSSR count). The summed E-state index contributed by atoms with van der Waals surface area (Å²) < 4.78 is 37.9. The molecule has 0 spiro atoms. The van der Waals surface area contributed by atoms with Crippen molar-refractivity contribution in [2.75, 3.05) is 0 Å². The van der Waals surface area contributed by atoms with Gasteiger partial charge in [0, 0.05) is 0 Å². The van der Waals surface area contributed by atoms with E-state index in [0.29, 0.717) is 6.42 Å². The number of carbonyl (C=O) groups excluding carboxylic acids is 1. The molecule has 0 saturated carbocycles. The number of thioether (sulfide) groups is 1. The van der Waals surface area contributed by atoms with Crippen molar-refractivity contribution < 1.29 is 18.0 Å². The van der Waals surface area contributed by atoms with Crippen LogP contribution in [0, 0.1) is 0 Å². The summed E-state index contributed by atoms with van der Waals surface area (Å²) in [5.74, 6) is -0.228. The molecule has 0 bridgehead atoms. The number of nitrogens with one attached hydrogen (secondary N) is 1. The van der Waals surface area contributed by atoms with Crippen LogP contribution in [-0.2, 0) is 11.0 Å². The maximum atomic E-state index is 12.9. The van der Waals surface area contributed by atoms with E-state index in [-0.39, 0.29) is 16.8 Å². The van der Waals surface area contributed by atoms with Gasteiger partial charge in [0.2, 0.25) is 5.91 Å². The first-order valence-corrected chi connectivity index (χ1v) is 6.83. The van der Waals surface area contributed by atoms with Gasteiger partial charge in [-0.15, -0.1) is 0 Å². The van der Waals surface area contributed by atoms with E-state index >= 15 is 0 Å². The fraction of sp³-hybridized carbons (Fsp3) is 0.385. The third kappa shape index (κ3) is 2.82. The molecule has 1 heterocycles. The number of amides is 1. The maximum Gasteiger partial charge on any atom is 0.418 e. The Bertz CT molecular complexity index is 571. The molecular weight excluding hydrogens is 289 g/mol. The number of hydrogen-bond acceptors (Lipinski definition) is 3. The number of nitrogens with zero attached hydrogens (tertiary/aromatic N) is 1. The lowest BCUT2D eigenvalue weighted by molar-refractivity contribution is -0.137. The molecule has 1 fully saturated rings. The third-order valence-corrected chi connectivity index (χ3v) is 4.44. The summed E-state index contributed by atoms with van der Waals surface area (Å²) in [7, 11) is 0. The average Bonchev–Trinajstić information content (AvgIpc) is 2.64. The van der Waals surface area contributed by atoms with Gasteiger partial charge in [-0.1, -0.05) is 30.8 Å². The van der Waals surface area contributed by atoms with E-state index < -0.39 is 16.5 Å². The van der Waals surface area contributed by atoms with Crippen LogP contribution >= 0.6 is 11.8 Å². The molecule has 3 nitrogen and oxygen atoms in total. The summed E-state index contributed by atoms with van der Waals surface area (Å²) >= 11 is 1.16. The molecule has 7 heteroatoms. The summed E-state index contributed by atoms with van der Waals surface area (Å²) in [6, 6.07) is 5.04. The van der Waals surface area contributed by atoms with E-state index in [0.717, 1.165) is 17.8 Å². The summed E-state index contributed by atoms with van der Waals surface area (Å²) in [6.07, 6.45) is -3.90. The number of halogens is 3. The van der Waals surface area contributed by atoms with Gasteiger partial charge < -0.3 is 5.32 Å². The first-order chi connectivity index (χ1) is 9.26. The number of alkyl halides is 3. The predicted octanol–water partition coefficient (Wildman–Crippen LogP) is 3.72. The number of amidine groups is 1. The second-order valence-electron chi connectivity index (χ2n) is 4.57. The molecule has 108 valence electrons. The van der Waals surface area contributed by atoms with Crippen molar-refractivity contribution in [3.8, 4) is 0 Å². The lowest BCUT2D eigenvalue weighted by Crippen LogP contribution is -2.32. The zero-order chi connectivity index (χ0) is 15.0. The Morgan fingerprint density at radius 3 is 2.55 bits per heavy atom. The second kappa shape index (κ2) is 5.12. The van der Waals surface area contributed by atoms with E-state index in [9.17, 15) is 18.0 Å². The van der Waals surface area contributed by atoms with Gasteiger partial charge in [-0.25, -0.2) is 4.99 Å². The summed E-state index contributed by atoms with van der Waals surface area (Å²) in [6.45, 7) is 3.59. The number of carbonyl (C=O) groups is 1. The minimum atomic E-state index is -4.47. The van der Waals surface area contributed by atoms with Gasteiger partial charge in [0.05, 0.1) is 16.0 Å². The highest BCUT2D eigenvalue weighted by Crippen LogP contribution is 2.39. The largest absolute Gasteiger partial charge is 0.418 e. The predicted molar refractivity (Wildman–Crippen MR) is 73.0 cm³/mol. The number of hydrogen-bond donors (Lipinski definition) is 1. The first-order valence-electron chi connectivity index (χ1n) is 6.01. The third-order valence-electron chi connectivity index (χ3n) is 3.13. The van der Waals surface area contributed by atoms with Crippen LogP contribution in [0.1, 0.15) is 25.8 Å². The zero-order valence-corrected chi connectivity index (χ0v) is 11.7. The van der Waals surface area contributed by atoms with Crippen LogP contribution in [-0.4, -0.2) is 15.8 Å². The van der Waals surface area contributed by atoms with E-state index in [4.69, 9.17) is 0 Å². The standard InChI is InChI=1S/C13H13F3N2OS/c1-3-12(2)10(19)18-11(20-12)17-9-7-5-4-6-8(9)13(14,15)16/h4-7H,3H2,1-2H3,(H,17,18,19). The van der Waals surface area contributed by atoms with Gasteiger partial charge in [0.25, 0.3) is 0 Å². The highest BCUT2D eigenvalue weighted by Gasteiger charge is 2.41. The Morgan fingerprint density at radius 2 is 2.00 bits per heavy atom. The number of aliphatic imine (C=N–C) groups is 1. The van der Waals surface area contributed by atoms with E-state index in [1.807, 2.05) is 6.92 Å². The molecule has 1 unspecified atom stereocenters. The minimum Gasteiger partial charge on any atom is -0.304 e. The molecule has 1 aromatic carbocycles. The Morgan fingerprint density at radius 1 is 1.35 bits per heavy atom. The first kappa shape index (κ1) is 14.9. The van der Waals surface area contributed by atoms with E-state index in [1.54, 1.807) is 6.92 Å². The summed E-state index contributed by atoms with van der Waals surface area (Å²) in [4.78, 5) is 15.7. The summed E-state index contributed by atoms with van der Waals surface area (Å²) in [5.41, 5.74) is -1.00. The van der Waals surface area contributed by atoms with Crippen LogP contribution in [0.5, 0.6) is 0 Å². The Kier molecular flexibility index (Phi) is 3.82. The van der Waals surface area contributed by atoms with Crippen LogP contribution < -0.4 is 5.32 Å². The van der Waals surface area contributed by atoms with Crippen LogP contribution in [0.25, 0.3) is 0 Å². The lowest BCUT2D eigenvalue weighted by atomic mass is 10.1. The fourth-order valence-corrected chi connectivity index (χ4v) is 2.72. The molecule has 20 heavy (non-hydrogen) atoms. The normalized spacial score (nSPS) is 25.1. The minimum absolute atomic E-state index is 0.192. The molecule has 1 aromatic rings. The average molecular weight is 302 g/mol. The van der Waals surface area contributed by atoms with Gasteiger partial charge in [0.15, 0.2) is 5.17 Å². The van der Waals surface area contributed by atoms with Crippen molar-refractivity contribution in [3.63, 3.8) is 0 Å². The number of rotatable bonds is 2. The molecule has 0 radical (unpaired) electrons. The quantitative estimate of drug-likeness (QED) is 0.904. The Balaban J connectivity index is 2.37. The van der Waals surface area contributed by atoms with Crippen LogP contribution in [0.2, 0.25) is 0 Å². The van der Waals surface area contributed by atoms with E-state index in [1.165, 1.54) is 18.2 Å². The van der Waals surface area contributed by atoms with Gasteiger partial charge >= 0.3 is 6.18 Å². The van der Waals surface area contributed by atoms with Crippen LogP contribution in [0.4, 0.5) is 18.9 Å². The maximum absolute atomic E-state index is 12.9. The molecule has 1 N–H and O–H groups in total. The van der Waals surface area contributed by atoms with E-state index in [2.05, 4.69) is 10.3 Å². The van der Waals surface area contributed by atoms with Gasteiger partial charge in [-0.2, -0.15) is 13.2 Å². The van der Waals surface area contributed by atoms with Gasteiger partial charge in [-0.3, -0.25) is 4.79 Å². The molecule has 1 amide bonds. The second-order valence-corrected chi connectivity index (χ2v) is 6.06. The van der Waals surface area contributed by atoms with Crippen molar-refractivity contribution in [2.24, 2.45) is 4.99 Å². The smallest absolute Gasteiger partial charge is 0.304 e. The molecule has 1 aliphatic rings. The van der Waals surface area contributed by atoms with Crippen LogP contribution in [0.3, 0.4) is 0 Å². The zero-order valence-electron chi connectivity index (χ0n) is 10.9. The summed E-state index contributed by atoms with van der Waals surface area (Å²) in [5, 5.41) is 2.73. The molecule has 1 saturated heterocycles. The lowest BCUT2D eigenvalue weighted by Gasteiger charge is -2.14. The van der Waals surface area contributed by atoms with Crippen molar-refractivity contribution in [2.45, 2.75) is 31.2 Å². The molecule has 0 aliphatic carbocycles. The topological polar surface area (TPSA) is 41.5 Å². The van der Waals surface area contributed by atoms with Gasteiger partial charge in [0.1, 0.15) is 0 Å². The van der Waals surface area contributed by atoms with Crippen molar-refractivity contribution in [1.29, 1.82) is 0 Å². The Labute approximate surface area is 118 Å². The van der Waals surface area contributed by atoms with Crippen molar-refractivity contribution >= 4 is 28.5 Å². The number of para-hydroxylation sites is 1. The SMILES string of the molecule is CCC1(C)SC(=Nc2ccccc2C(F)(F)F)NC1=O. The fourth-order valence-electron chi connectivity index (χ4n) is 1.72. The molecular formula is C13H13F3N2OS. The monoisotopic (exact) mass is 302 g/mol. The highest BCUT2D eigenvalue weighted by atomic mass is 32.2. The Hall–Kier alpha value is -1.50. The highest BCUT2D eigenvalue weighted by molar-refractivity contribution is 8.16. The van der Waals surface area contributed by atoms with Crippen LogP contribution in [0.15, 0.2) is 29.3 Å². The van der Waals surface area contributed by atoms with Gasteiger partial charge in [-0.05, 0) is 25.5 Å². The van der Waals surface area contributed by atoms with Crippen molar-refractivity contribution in [3.05, 3.63) is 29.8 Å². The van der Waals surface area contributed by atoms with Crippen molar-refractivity contribution in [1.82, 2.24) is 5.32 Å².